The molecule has 0 aliphatic carbocycles. The van der Waals surface area contributed by atoms with Crippen molar-refractivity contribution in [1.29, 1.82) is 0 Å². The average Bonchev–Trinajstić information content (AvgIpc) is 2.26. The van der Waals surface area contributed by atoms with Crippen LogP contribution >= 0.6 is 11.6 Å². The highest BCUT2D eigenvalue weighted by Gasteiger charge is 1.89. The maximum absolute atomic E-state index is 10.1. The van der Waals surface area contributed by atoms with E-state index in [4.69, 9.17) is 24.4 Å². The van der Waals surface area contributed by atoms with Crippen LogP contribution in [0.3, 0.4) is 0 Å². The first kappa shape index (κ1) is 19.3. The predicted molar refractivity (Wildman–Crippen MR) is 58.5 cm³/mol. The Hall–Kier alpha value is -0.0500. The first-order valence-electron chi connectivity index (χ1n) is 5.02. The minimum atomic E-state index is -2.69. The van der Waals surface area contributed by atoms with Crippen LogP contribution in [-0.4, -0.2) is 69.0 Å². The van der Waals surface area contributed by atoms with Gasteiger partial charge in [0.25, 0.3) is 0 Å². The number of alkyl halides is 3. The van der Waals surface area contributed by atoms with Crippen molar-refractivity contribution in [2.75, 3.05) is 52.9 Å². The molecule has 0 unspecified atom stereocenters. The van der Waals surface area contributed by atoms with Crippen LogP contribution in [-0.2, 0) is 14.2 Å². The fourth-order valence-electron chi connectivity index (χ4n) is 0.671. The summed E-state index contributed by atoms with van der Waals surface area (Å²) in [7, 11) is 0. The third-order valence-corrected chi connectivity index (χ3v) is 1.22. The van der Waals surface area contributed by atoms with E-state index in [0.717, 1.165) is 0 Å². The zero-order valence-corrected chi connectivity index (χ0v) is 10.2. The number of rotatable bonds is 10. The van der Waals surface area contributed by atoms with E-state index < -0.39 is 5.88 Å². The number of ether oxygens (including phenoxy) is 3. The fraction of sp³-hybridized carbons (Fsp3) is 1.00. The Kier molecular flexibility index (Phi) is 20.8. The van der Waals surface area contributed by atoms with Crippen molar-refractivity contribution < 1.29 is 33.2 Å². The topological polar surface area (TPSA) is 68.2 Å². The zero-order valence-electron chi connectivity index (χ0n) is 9.49. The Morgan fingerprint density at radius 1 is 0.765 bits per heavy atom. The van der Waals surface area contributed by atoms with Gasteiger partial charge in [-0.15, -0.1) is 0 Å². The molecule has 0 bridgehead atoms. The number of aliphatic hydroxyl groups is 2. The Bertz CT molecular complexity index is 119. The predicted octanol–water partition coefficient (Wildman–Crippen LogP) is 0.469. The Labute approximate surface area is 104 Å². The molecule has 0 amide bonds. The molecule has 106 valence electrons. The van der Waals surface area contributed by atoms with Gasteiger partial charge in [-0.2, -0.15) is 8.78 Å². The van der Waals surface area contributed by atoms with E-state index in [9.17, 15) is 8.78 Å². The quantitative estimate of drug-likeness (QED) is 0.450. The lowest BCUT2D eigenvalue weighted by molar-refractivity contribution is 0.00230. The molecule has 8 heteroatoms. The molecule has 0 atom stereocenters. The number of hydrogen-bond acceptors (Lipinski definition) is 5. The van der Waals surface area contributed by atoms with Crippen LogP contribution in [0.1, 0.15) is 0 Å². The second kappa shape index (κ2) is 18.3. The molecule has 0 rings (SSSR count). The van der Waals surface area contributed by atoms with Crippen molar-refractivity contribution in [2.45, 2.75) is 5.88 Å². The van der Waals surface area contributed by atoms with Crippen molar-refractivity contribution in [3.8, 4) is 0 Å². The summed E-state index contributed by atoms with van der Waals surface area (Å²) in [6, 6.07) is 0. The van der Waals surface area contributed by atoms with Gasteiger partial charge in [0.2, 0.25) is 0 Å². The lowest BCUT2D eigenvalue weighted by atomic mass is 10.7. The number of hydrogen-bond donors (Lipinski definition) is 2. The van der Waals surface area contributed by atoms with Crippen molar-refractivity contribution in [1.82, 2.24) is 0 Å². The molecule has 0 aliphatic heterocycles. The first-order chi connectivity index (χ1) is 8.15. The summed E-state index contributed by atoms with van der Waals surface area (Å²) in [5.41, 5.74) is 0. The van der Waals surface area contributed by atoms with Gasteiger partial charge < -0.3 is 24.4 Å². The molecule has 0 spiro atoms. The molecule has 0 aliphatic rings. The van der Waals surface area contributed by atoms with E-state index in [2.05, 4.69) is 11.6 Å². The summed E-state index contributed by atoms with van der Waals surface area (Å²) in [5, 5.41) is 16.7. The largest absolute Gasteiger partial charge is 0.394 e. The molecule has 5 nitrogen and oxygen atoms in total. The zero-order chi connectivity index (χ0) is 13.4. The van der Waals surface area contributed by atoms with Crippen LogP contribution in [0.4, 0.5) is 8.78 Å². The van der Waals surface area contributed by atoms with Crippen LogP contribution in [0.25, 0.3) is 0 Å². The molecule has 0 saturated heterocycles. The van der Waals surface area contributed by atoms with E-state index in [0.29, 0.717) is 39.6 Å². The number of halogens is 3. The summed E-state index contributed by atoms with van der Waals surface area (Å²) < 4.78 is 35.2. The van der Waals surface area contributed by atoms with Gasteiger partial charge in [0.05, 0.1) is 52.9 Å². The highest BCUT2D eigenvalue weighted by molar-refractivity contribution is 6.18. The van der Waals surface area contributed by atoms with E-state index in [1.54, 1.807) is 0 Å². The van der Waals surface area contributed by atoms with Crippen molar-refractivity contribution in [3.05, 3.63) is 0 Å². The van der Waals surface area contributed by atoms with Gasteiger partial charge in [-0.05, 0) is 0 Å². The van der Waals surface area contributed by atoms with Crippen LogP contribution in [0, 0.1) is 0 Å². The average molecular weight is 281 g/mol. The van der Waals surface area contributed by atoms with Crippen molar-refractivity contribution >= 4 is 11.6 Å². The smallest absolute Gasteiger partial charge is 0.312 e. The van der Waals surface area contributed by atoms with Gasteiger partial charge in [0, 0.05) is 0 Å². The van der Waals surface area contributed by atoms with E-state index in [-0.39, 0.29) is 13.2 Å². The molecule has 0 aromatic rings. The standard InChI is InChI=1S/C8H18O5.CHClF2/c9-1-3-11-5-7-13-8-6-12-4-2-10;2-1(3)4/h9-10H,1-8H2;1H. The van der Waals surface area contributed by atoms with Crippen molar-refractivity contribution in [2.24, 2.45) is 0 Å². The van der Waals surface area contributed by atoms with Crippen molar-refractivity contribution in [3.63, 3.8) is 0 Å². The maximum Gasteiger partial charge on any atom is 0.312 e. The van der Waals surface area contributed by atoms with E-state index in [1.807, 2.05) is 0 Å². The van der Waals surface area contributed by atoms with Crippen LogP contribution in [0.2, 0.25) is 0 Å². The maximum atomic E-state index is 10.1. The van der Waals surface area contributed by atoms with Crippen LogP contribution in [0.15, 0.2) is 0 Å². The van der Waals surface area contributed by atoms with Crippen LogP contribution < -0.4 is 0 Å². The summed E-state index contributed by atoms with van der Waals surface area (Å²) >= 11 is 3.94. The molecular weight excluding hydrogens is 262 g/mol. The molecule has 0 saturated carbocycles. The highest BCUT2D eigenvalue weighted by Crippen LogP contribution is 1.93. The lowest BCUT2D eigenvalue weighted by Gasteiger charge is -2.04. The summed E-state index contributed by atoms with van der Waals surface area (Å²) in [5.74, 6) is -2.69. The molecule has 0 heterocycles. The molecule has 0 aromatic carbocycles. The fourth-order valence-corrected chi connectivity index (χ4v) is 0.671. The third kappa shape index (κ3) is 31.4. The van der Waals surface area contributed by atoms with Gasteiger partial charge in [-0.3, -0.25) is 0 Å². The molecule has 0 radical (unpaired) electrons. The second-order valence-electron chi connectivity index (χ2n) is 2.53. The summed E-state index contributed by atoms with van der Waals surface area (Å²) in [4.78, 5) is 0. The highest BCUT2D eigenvalue weighted by atomic mass is 35.5. The minimum absolute atomic E-state index is 0.0413. The molecule has 0 fully saturated rings. The van der Waals surface area contributed by atoms with Gasteiger partial charge in [0.15, 0.2) is 0 Å². The van der Waals surface area contributed by atoms with Crippen LogP contribution in [0.5, 0.6) is 0 Å². The molecule has 0 aromatic heterocycles. The minimum Gasteiger partial charge on any atom is -0.394 e. The van der Waals surface area contributed by atoms with Gasteiger partial charge >= 0.3 is 5.88 Å². The monoisotopic (exact) mass is 280 g/mol. The van der Waals surface area contributed by atoms with E-state index >= 15 is 0 Å². The second-order valence-corrected chi connectivity index (χ2v) is 2.86. The Morgan fingerprint density at radius 2 is 1.00 bits per heavy atom. The lowest BCUT2D eigenvalue weighted by Crippen LogP contribution is -2.11. The molecule has 17 heavy (non-hydrogen) atoms. The summed E-state index contributed by atoms with van der Waals surface area (Å²) in [6.45, 7) is 2.76. The SMILES string of the molecule is FC(F)Cl.OCCOCCOCCOCCO. The van der Waals surface area contributed by atoms with Gasteiger partial charge in [-0.25, -0.2) is 0 Å². The summed E-state index contributed by atoms with van der Waals surface area (Å²) in [6.07, 6.45) is 0. The number of aliphatic hydroxyl groups excluding tert-OH is 2. The molecular formula is C9H19ClF2O5. The Morgan fingerprint density at radius 3 is 1.24 bits per heavy atom. The first-order valence-corrected chi connectivity index (χ1v) is 5.46. The third-order valence-electron chi connectivity index (χ3n) is 1.22. The molecule has 2 N–H and O–H groups in total. The van der Waals surface area contributed by atoms with Gasteiger partial charge in [0.1, 0.15) is 0 Å². The van der Waals surface area contributed by atoms with Gasteiger partial charge in [-0.1, -0.05) is 11.6 Å². The Balaban J connectivity index is 0. The van der Waals surface area contributed by atoms with E-state index in [1.165, 1.54) is 0 Å². The normalized spacial score (nSPS) is 10.2.